The van der Waals surface area contributed by atoms with Gasteiger partial charge in [0, 0.05) is 55.2 Å². The van der Waals surface area contributed by atoms with Crippen LogP contribution in [0.2, 0.25) is 5.02 Å². The molecule has 1 aromatic heterocycles. The van der Waals surface area contributed by atoms with Crippen molar-refractivity contribution < 1.29 is 38.6 Å². The Morgan fingerprint density at radius 2 is 1.73 bits per heavy atom. The summed E-state index contributed by atoms with van der Waals surface area (Å²) >= 11 is 6.24. The molecule has 4 aliphatic rings. The van der Waals surface area contributed by atoms with Crippen LogP contribution in [0.25, 0.3) is 0 Å². The monoisotopic (exact) mass is 839 g/mol. The summed E-state index contributed by atoms with van der Waals surface area (Å²) in [7, 11) is 0. The summed E-state index contributed by atoms with van der Waals surface area (Å²) in [6, 6.07) is 14.1. The number of nitrogens with zero attached hydrogens (tertiary/aromatic N) is 5. The molecular weight excluding hydrogens is 790 g/mol. The topological polar surface area (TPSA) is 194 Å². The molecule has 3 aliphatic heterocycles. The molecule has 316 valence electrons. The lowest BCUT2D eigenvalue weighted by molar-refractivity contribution is -0.164. The molecule has 4 heterocycles. The van der Waals surface area contributed by atoms with Gasteiger partial charge in [0.05, 0.1) is 46.5 Å². The molecule has 15 nitrogen and oxygen atoms in total. The van der Waals surface area contributed by atoms with E-state index < -0.39 is 40.5 Å². The maximum atomic E-state index is 13.5. The number of nitrogens with one attached hydrogen (secondary N) is 2. The standard InChI is InChI=1S/C44H50ClN7O8/c1-43(2)41(44(3,4)42(43)60-30-10-8-26(22-46)33(45)21-30)49-37(55)27-9-14-35(47-23-27)51-18-17-50(28(24-51)25-53)16-6-5-7-19-59-29-11-12-31-32(20-29)40(58)52(39(31)57)34-13-15-36(54)48-38(34)56/h8-12,14,20-21,23,28,34,41-42,53H,5-7,13,15-19,24-25H2,1-4H3,(H,49,55)(H,48,54,56)/t28-,34?,41?,42?/m0/s1. The Kier molecular flexibility index (Phi) is 12.2. The number of aromatic nitrogens is 1. The van der Waals surface area contributed by atoms with Crippen molar-refractivity contribution in [1.29, 1.82) is 5.26 Å². The van der Waals surface area contributed by atoms with Crippen LogP contribution in [0.5, 0.6) is 11.5 Å². The zero-order valence-corrected chi connectivity index (χ0v) is 35.0. The highest BCUT2D eigenvalue weighted by Crippen LogP contribution is 2.55. The number of pyridine rings is 1. The summed E-state index contributed by atoms with van der Waals surface area (Å²) in [6.45, 7) is 11.5. The Hall–Kier alpha value is -5.56. The van der Waals surface area contributed by atoms with Gasteiger partial charge < -0.3 is 24.8 Å². The Balaban J connectivity index is 0.839. The highest BCUT2D eigenvalue weighted by molar-refractivity contribution is 6.31. The van der Waals surface area contributed by atoms with E-state index in [9.17, 15) is 34.3 Å². The number of benzene rings is 2. The highest BCUT2D eigenvalue weighted by atomic mass is 35.5. The number of imide groups is 2. The lowest BCUT2D eigenvalue weighted by Gasteiger charge is -2.63. The van der Waals surface area contributed by atoms with Crippen LogP contribution >= 0.6 is 11.6 Å². The smallest absolute Gasteiger partial charge is 0.262 e. The van der Waals surface area contributed by atoms with Gasteiger partial charge in [-0.15, -0.1) is 0 Å². The first kappa shape index (κ1) is 42.6. The Labute approximate surface area is 353 Å². The van der Waals surface area contributed by atoms with Crippen LogP contribution < -0.4 is 25.0 Å². The van der Waals surface area contributed by atoms with Crippen molar-refractivity contribution in [3.05, 3.63) is 82.0 Å². The molecule has 0 spiro atoms. The average molecular weight is 840 g/mol. The van der Waals surface area contributed by atoms with Crippen molar-refractivity contribution >= 4 is 47.0 Å². The summed E-state index contributed by atoms with van der Waals surface area (Å²) in [6.07, 6.45) is 4.06. The number of carbonyl (C=O) groups is 5. The normalized spacial score (nSPS) is 23.4. The quantitative estimate of drug-likeness (QED) is 0.154. The minimum absolute atomic E-state index is 0.00346. The van der Waals surface area contributed by atoms with Crippen molar-refractivity contribution in [2.75, 3.05) is 44.3 Å². The molecule has 1 aliphatic carbocycles. The van der Waals surface area contributed by atoms with Gasteiger partial charge in [-0.25, -0.2) is 4.98 Å². The molecule has 3 aromatic rings. The third kappa shape index (κ3) is 8.28. The van der Waals surface area contributed by atoms with E-state index in [2.05, 4.69) is 59.2 Å². The molecule has 3 fully saturated rings. The summed E-state index contributed by atoms with van der Waals surface area (Å²) in [5, 5.41) is 25.2. The van der Waals surface area contributed by atoms with Gasteiger partial charge in [0.25, 0.3) is 17.7 Å². The van der Waals surface area contributed by atoms with Crippen molar-refractivity contribution in [3.63, 3.8) is 0 Å². The number of piperazine rings is 1. The first-order valence-corrected chi connectivity index (χ1v) is 20.7. The zero-order valence-electron chi connectivity index (χ0n) is 34.2. The van der Waals surface area contributed by atoms with E-state index in [0.717, 1.165) is 49.6 Å². The number of unbranched alkanes of at least 4 members (excludes halogenated alkanes) is 2. The van der Waals surface area contributed by atoms with E-state index in [1.165, 1.54) is 12.1 Å². The number of aliphatic hydroxyl groups is 1. The van der Waals surface area contributed by atoms with Crippen molar-refractivity contribution in [3.8, 4) is 17.6 Å². The maximum Gasteiger partial charge on any atom is 0.262 e. The maximum absolute atomic E-state index is 13.5. The SMILES string of the molecule is CC1(C)C(NC(=O)c2ccc(N3CCN(CCCCCOc4ccc5c(c4)C(=O)N(C4CCC(=O)NC4=O)C5=O)[C@H](CO)C3)nc2)C(C)(C)C1Oc1ccc(C#N)c(Cl)c1. The van der Waals surface area contributed by atoms with Gasteiger partial charge in [-0.3, -0.25) is 39.1 Å². The highest BCUT2D eigenvalue weighted by Gasteiger charge is 2.64. The first-order chi connectivity index (χ1) is 28.6. The van der Waals surface area contributed by atoms with Crippen molar-refractivity contribution in [1.82, 2.24) is 25.4 Å². The number of aliphatic hydroxyl groups excluding tert-OH is 1. The van der Waals surface area contributed by atoms with Gasteiger partial charge in [-0.2, -0.15) is 5.26 Å². The number of hydrogen-bond donors (Lipinski definition) is 3. The van der Waals surface area contributed by atoms with E-state index in [4.69, 9.17) is 21.1 Å². The fourth-order valence-electron chi connectivity index (χ4n) is 9.41. The van der Waals surface area contributed by atoms with Crippen LogP contribution in [0, 0.1) is 22.2 Å². The number of piperidine rings is 1. The number of fused-ring (bicyclic) bond motifs is 1. The fourth-order valence-corrected chi connectivity index (χ4v) is 9.62. The number of carbonyl (C=O) groups excluding carboxylic acids is 5. The second-order valence-corrected chi connectivity index (χ2v) is 17.5. The Morgan fingerprint density at radius 3 is 2.42 bits per heavy atom. The predicted octanol–water partition coefficient (Wildman–Crippen LogP) is 4.35. The Morgan fingerprint density at radius 1 is 0.983 bits per heavy atom. The molecule has 7 rings (SSSR count). The summed E-state index contributed by atoms with van der Waals surface area (Å²) in [5.41, 5.74) is 0.415. The van der Waals surface area contributed by atoms with Crippen molar-refractivity contribution in [2.24, 2.45) is 10.8 Å². The average Bonchev–Trinajstić information content (AvgIpc) is 3.47. The minimum atomic E-state index is -1.02. The van der Waals surface area contributed by atoms with Crippen LogP contribution in [-0.4, -0.2) is 113 Å². The van der Waals surface area contributed by atoms with Gasteiger partial charge in [0.1, 0.15) is 35.5 Å². The van der Waals surface area contributed by atoms with Crippen LogP contribution in [-0.2, 0) is 9.59 Å². The predicted molar refractivity (Wildman–Crippen MR) is 221 cm³/mol. The largest absolute Gasteiger partial charge is 0.494 e. The van der Waals surface area contributed by atoms with E-state index in [1.807, 2.05) is 6.07 Å². The van der Waals surface area contributed by atoms with Gasteiger partial charge in [0.2, 0.25) is 11.8 Å². The van der Waals surface area contributed by atoms with Crippen molar-refractivity contribution in [2.45, 2.75) is 84.0 Å². The fraction of sp³-hybridized carbons (Fsp3) is 0.477. The molecule has 60 heavy (non-hydrogen) atoms. The van der Waals surface area contributed by atoms with Crippen LogP contribution in [0.15, 0.2) is 54.7 Å². The molecule has 2 aromatic carbocycles. The number of rotatable bonds is 14. The molecular formula is C44H50ClN7O8. The van der Waals surface area contributed by atoms with E-state index in [1.54, 1.807) is 36.5 Å². The second kappa shape index (κ2) is 17.2. The third-order valence-electron chi connectivity index (χ3n) is 12.3. The first-order valence-electron chi connectivity index (χ1n) is 20.4. The van der Waals surface area contributed by atoms with E-state index in [0.29, 0.717) is 40.8 Å². The lowest BCUT2D eigenvalue weighted by atomic mass is 9.49. The number of anilines is 1. The number of halogens is 1. The molecule has 16 heteroatoms. The molecule has 1 unspecified atom stereocenters. The summed E-state index contributed by atoms with van der Waals surface area (Å²) in [5.74, 6) is -0.656. The van der Waals surface area contributed by atoms with Gasteiger partial charge in [-0.05, 0) is 74.7 Å². The molecule has 1 saturated carbocycles. The van der Waals surface area contributed by atoms with Crippen LogP contribution in [0.4, 0.5) is 5.82 Å². The number of amides is 5. The minimum Gasteiger partial charge on any atom is -0.494 e. The van der Waals surface area contributed by atoms with Crippen LogP contribution in [0.3, 0.4) is 0 Å². The number of hydrogen-bond acceptors (Lipinski definition) is 12. The molecule has 3 N–H and O–H groups in total. The van der Waals surface area contributed by atoms with Gasteiger partial charge in [-0.1, -0.05) is 39.3 Å². The van der Waals surface area contributed by atoms with Gasteiger partial charge in [0.15, 0.2) is 0 Å². The van der Waals surface area contributed by atoms with Gasteiger partial charge >= 0.3 is 0 Å². The molecule has 2 saturated heterocycles. The molecule has 2 atom stereocenters. The van der Waals surface area contributed by atoms with Crippen LogP contribution in [0.1, 0.15) is 96.4 Å². The summed E-state index contributed by atoms with van der Waals surface area (Å²) in [4.78, 5) is 73.4. The third-order valence-corrected chi connectivity index (χ3v) is 12.7. The molecule has 0 bridgehead atoms. The summed E-state index contributed by atoms with van der Waals surface area (Å²) < 4.78 is 12.3. The molecule has 5 amide bonds. The molecule has 0 radical (unpaired) electrons. The lowest BCUT2D eigenvalue weighted by Crippen LogP contribution is -2.74. The zero-order chi connectivity index (χ0) is 42.9. The van der Waals surface area contributed by atoms with E-state index >= 15 is 0 Å². The second-order valence-electron chi connectivity index (χ2n) is 17.1. The number of nitriles is 1. The number of ether oxygens (including phenoxy) is 2. The Bertz CT molecular complexity index is 2210. The van der Waals surface area contributed by atoms with E-state index in [-0.39, 0.29) is 54.7 Å².